The van der Waals surface area contributed by atoms with Crippen molar-refractivity contribution < 1.29 is 5.11 Å². The Morgan fingerprint density at radius 3 is 2.22 bits per heavy atom. The molecule has 6 heterocycles. The molecule has 0 radical (unpaired) electrons. The molecule has 326 valence electrons. The van der Waals surface area contributed by atoms with Crippen molar-refractivity contribution >= 4 is 39.8 Å². The molecule has 0 unspecified atom stereocenters. The Kier molecular flexibility index (Phi) is 11.2. The van der Waals surface area contributed by atoms with Crippen molar-refractivity contribution in [2.45, 2.75) is 70.8 Å². The summed E-state index contributed by atoms with van der Waals surface area (Å²) >= 11 is 3.48. The van der Waals surface area contributed by atoms with Crippen molar-refractivity contribution in [1.82, 2.24) is 24.6 Å². The fourth-order valence-corrected chi connectivity index (χ4v) is 12.8. The summed E-state index contributed by atoms with van der Waals surface area (Å²) in [6, 6.07) is 35.5. The van der Waals surface area contributed by atoms with Gasteiger partial charge in [0.15, 0.2) is 5.82 Å². The quantitative estimate of drug-likeness (QED) is 0.155. The van der Waals surface area contributed by atoms with Crippen molar-refractivity contribution in [3.05, 3.63) is 169 Å². The van der Waals surface area contributed by atoms with Crippen LogP contribution in [0.1, 0.15) is 97.6 Å². The van der Waals surface area contributed by atoms with E-state index in [2.05, 4.69) is 133 Å². The molecule has 2 saturated heterocycles. The van der Waals surface area contributed by atoms with E-state index in [1.165, 1.54) is 69.0 Å². The third-order valence-electron chi connectivity index (χ3n) is 14.5. The van der Waals surface area contributed by atoms with Crippen molar-refractivity contribution in [2.75, 3.05) is 55.6 Å². The molecule has 2 fully saturated rings. The van der Waals surface area contributed by atoms with Gasteiger partial charge in [0.1, 0.15) is 22.6 Å². The molecular weight excluding hydrogens is 829 g/mol. The number of phenols is 1. The molecule has 4 aliphatic rings. The second-order valence-corrected chi connectivity index (χ2v) is 20.5. The first-order chi connectivity index (χ1) is 31.3. The Balaban J connectivity index is 0.717. The summed E-state index contributed by atoms with van der Waals surface area (Å²) in [5.41, 5.74) is 12.7. The number of thiazole rings is 1. The standard InChI is InChI=1S/C53H56N8OS2/c1-34-35(2)64-53-49(34)51(55-47(32-48-54-23-30-63-48)52-57-56-36(3)61(52)53)40-11-16-43(17-12-40)60-28-26-58(27-29-60)33-37-21-24-59(25-22-37)42-14-9-39(10-15-42)50-45(38-7-5-4-6-8-38)19-13-41-31-44(62)18-20-46(41)50/h4-12,14-18,20,23,30-31,37,45,47,50,62H,13,19,21-22,24-29,32-33H2,1-3H3/t45-,47-,50+/m1/s1. The lowest BCUT2D eigenvalue weighted by molar-refractivity contribution is 0.201. The Morgan fingerprint density at radius 2 is 1.48 bits per heavy atom. The molecule has 7 aromatic rings. The maximum absolute atomic E-state index is 10.3. The van der Waals surface area contributed by atoms with Gasteiger partial charge in [0.2, 0.25) is 0 Å². The maximum Gasteiger partial charge on any atom is 0.163 e. The highest BCUT2D eigenvalue weighted by Gasteiger charge is 2.34. The van der Waals surface area contributed by atoms with Crippen LogP contribution >= 0.6 is 22.7 Å². The van der Waals surface area contributed by atoms with E-state index in [0.717, 1.165) is 91.0 Å². The first kappa shape index (κ1) is 41.1. The lowest BCUT2D eigenvalue weighted by Gasteiger charge is -2.40. The van der Waals surface area contributed by atoms with Gasteiger partial charge < -0.3 is 14.9 Å². The number of fused-ring (bicyclic) bond motifs is 4. The van der Waals surface area contributed by atoms with Crippen molar-refractivity contribution in [3.8, 4) is 10.8 Å². The Morgan fingerprint density at radius 1 is 0.750 bits per heavy atom. The van der Waals surface area contributed by atoms with Gasteiger partial charge in [-0.15, -0.1) is 32.9 Å². The maximum atomic E-state index is 10.3. The van der Waals surface area contributed by atoms with Gasteiger partial charge in [-0.05, 0) is 123 Å². The monoisotopic (exact) mass is 884 g/mol. The van der Waals surface area contributed by atoms with E-state index in [-0.39, 0.29) is 12.0 Å². The molecule has 11 rings (SSSR count). The Bertz CT molecular complexity index is 2760. The third-order valence-corrected chi connectivity index (χ3v) is 16.5. The van der Waals surface area contributed by atoms with Crippen molar-refractivity contribution in [1.29, 1.82) is 0 Å². The summed E-state index contributed by atoms with van der Waals surface area (Å²) in [5, 5.41) is 23.7. The van der Waals surface area contributed by atoms with E-state index in [0.29, 0.717) is 18.1 Å². The number of nitrogens with zero attached hydrogens (tertiary/aromatic N) is 8. The fourth-order valence-electron chi connectivity index (χ4n) is 11.0. The highest BCUT2D eigenvalue weighted by atomic mass is 32.1. The van der Waals surface area contributed by atoms with Gasteiger partial charge in [-0.25, -0.2) is 4.98 Å². The number of hydrogen-bond donors (Lipinski definition) is 1. The lowest BCUT2D eigenvalue weighted by atomic mass is 9.69. The molecule has 0 spiro atoms. The number of benzene rings is 4. The summed E-state index contributed by atoms with van der Waals surface area (Å²) in [6.45, 7) is 14.1. The van der Waals surface area contributed by atoms with Crippen LogP contribution in [0, 0.1) is 26.7 Å². The number of anilines is 2. The van der Waals surface area contributed by atoms with Crippen LogP contribution in [0.25, 0.3) is 5.00 Å². The number of aryl methyl sites for hydroxylation is 3. The first-order valence-electron chi connectivity index (χ1n) is 23.1. The van der Waals surface area contributed by atoms with Gasteiger partial charge in [-0.1, -0.05) is 60.7 Å². The number of hydrogen-bond acceptors (Lipinski definition) is 10. The zero-order valence-corrected chi connectivity index (χ0v) is 38.7. The van der Waals surface area contributed by atoms with E-state index in [4.69, 9.17) is 4.99 Å². The van der Waals surface area contributed by atoms with E-state index in [9.17, 15) is 5.11 Å². The van der Waals surface area contributed by atoms with Gasteiger partial charge in [-0.3, -0.25) is 14.5 Å². The smallest absolute Gasteiger partial charge is 0.163 e. The molecule has 1 N–H and O–H groups in total. The normalized spacial score (nSPS) is 20.4. The van der Waals surface area contributed by atoms with Crippen LogP contribution in [-0.2, 0) is 12.8 Å². The summed E-state index contributed by atoms with van der Waals surface area (Å²) in [7, 11) is 0. The highest BCUT2D eigenvalue weighted by Crippen LogP contribution is 2.47. The van der Waals surface area contributed by atoms with Gasteiger partial charge in [0.25, 0.3) is 0 Å². The number of aromatic hydroxyl groups is 1. The van der Waals surface area contributed by atoms with Crippen molar-refractivity contribution in [3.63, 3.8) is 0 Å². The molecule has 11 heteroatoms. The average Bonchev–Trinajstić information content (AvgIpc) is 4.04. The van der Waals surface area contributed by atoms with E-state index >= 15 is 0 Å². The van der Waals surface area contributed by atoms with Crippen LogP contribution in [0.4, 0.5) is 11.4 Å². The molecular formula is C53H56N8OS2. The van der Waals surface area contributed by atoms with Gasteiger partial charge in [-0.2, -0.15) is 0 Å². The van der Waals surface area contributed by atoms with E-state index in [1.807, 2.05) is 42.0 Å². The van der Waals surface area contributed by atoms with Crippen LogP contribution in [0.3, 0.4) is 0 Å². The molecule has 0 bridgehead atoms. The predicted molar refractivity (Wildman–Crippen MR) is 262 cm³/mol. The zero-order valence-electron chi connectivity index (χ0n) is 37.0. The van der Waals surface area contributed by atoms with Gasteiger partial charge >= 0.3 is 0 Å². The SMILES string of the molecule is Cc1sc2c(c1C)C(c1ccc(N3CCN(CC4CCN(c5ccc([C@@H]6c7ccc(O)cc7CC[C@@H]6c6ccccc6)cc5)CC4)CC3)cc1)=N[C@H](Cc1nccs1)c1nnc(C)n1-2. The molecule has 3 aliphatic heterocycles. The minimum atomic E-state index is -0.176. The molecule has 64 heavy (non-hydrogen) atoms. The first-order valence-corrected chi connectivity index (χ1v) is 24.8. The predicted octanol–water partition coefficient (Wildman–Crippen LogP) is 10.5. The number of aromatic nitrogens is 4. The largest absolute Gasteiger partial charge is 0.508 e. The summed E-state index contributed by atoms with van der Waals surface area (Å²) in [4.78, 5) is 19.3. The number of piperazine rings is 1. The molecule has 3 atom stereocenters. The Labute approximate surface area is 384 Å². The third kappa shape index (κ3) is 7.85. The highest BCUT2D eigenvalue weighted by molar-refractivity contribution is 7.15. The van der Waals surface area contributed by atoms with Crippen LogP contribution in [0.5, 0.6) is 5.75 Å². The van der Waals surface area contributed by atoms with Crippen LogP contribution in [-0.4, -0.2) is 81.3 Å². The number of aliphatic imine (C=N–C) groups is 1. The van der Waals surface area contributed by atoms with E-state index < -0.39 is 0 Å². The minimum Gasteiger partial charge on any atom is -0.508 e. The van der Waals surface area contributed by atoms with Crippen molar-refractivity contribution in [2.24, 2.45) is 10.9 Å². The number of thiophene rings is 1. The molecule has 0 saturated carbocycles. The van der Waals surface area contributed by atoms with Gasteiger partial charge in [0.05, 0.1) is 10.7 Å². The molecule has 3 aromatic heterocycles. The average molecular weight is 885 g/mol. The van der Waals surface area contributed by atoms with Crippen LogP contribution in [0.2, 0.25) is 0 Å². The molecule has 1 aliphatic carbocycles. The fraction of sp³-hybridized carbons (Fsp3) is 0.358. The molecule has 9 nitrogen and oxygen atoms in total. The lowest BCUT2D eigenvalue weighted by Crippen LogP contribution is -2.49. The minimum absolute atomic E-state index is 0.176. The van der Waals surface area contributed by atoms with Crippen LogP contribution < -0.4 is 9.80 Å². The number of rotatable bonds is 9. The Hall–Kier alpha value is -5.62. The van der Waals surface area contributed by atoms with E-state index in [1.54, 1.807) is 11.3 Å². The number of piperidine rings is 1. The van der Waals surface area contributed by atoms with Gasteiger partial charge in [0, 0.05) is 97.1 Å². The molecule has 4 aromatic carbocycles. The molecule has 0 amide bonds. The summed E-state index contributed by atoms with van der Waals surface area (Å²) in [6.07, 6.45) is 7.11. The second-order valence-electron chi connectivity index (χ2n) is 18.3. The summed E-state index contributed by atoms with van der Waals surface area (Å²) < 4.78 is 2.23. The number of phenolic OH excluding ortho intramolecular Hbond substituents is 1. The van der Waals surface area contributed by atoms with Crippen LogP contribution in [0.15, 0.2) is 114 Å². The zero-order chi connectivity index (χ0) is 43.3. The topological polar surface area (TPSA) is 85.9 Å². The second kappa shape index (κ2) is 17.4. The summed E-state index contributed by atoms with van der Waals surface area (Å²) in [5.74, 6) is 3.57.